The molecule has 2 N–H and O–H groups in total. The van der Waals surface area contributed by atoms with Crippen LogP contribution in [0.15, 0.2) is 0 Å². The summed E-state index contributed by atoms with van der Waals surface area (Å²) in [5.41, 5.74) is 0. The lowest BCUT2D eigenvalue weighted by Crippen LogP contribution is -2.48. The van der Waals surface area contributed by atoms with E-state index < -0.39 is 12.0 Å². The summed E-state index contributed by atoms with van der Waals surface area (Å²) in [6, 6.07) is -0.509. The van der Waals surface area contributed by atoms with Crippen LogP contribution in [0.1, 0.15) is 13.8 Å². The van der Waals surface area contributed by atoms with Crippen molar-refractivity contribution in [3.63, 3.8) is 0 Å². The third-order valence-corrected chi connectivity index (χ3v) is 2.69. The van der Waals surface area contributed by atoms with E-state index >= 15 is 0 Å². The zero-order valence-electron chi connectivity index (χ0n) is 9.40. The molecule has 0 aromatic carbocycles. The van der Waals surface area contributed by atoms with Gasteiger partial charge in [0.05, 0.1) is 12.7 Å². The Balaban J connectivity index is 2.23. The van der Waals surface area contributed by atoms with E-state index in [1.165, 1.54) is 0 Å². The van der Waals surface area contributed by atoms with Crippen LogP contribution >= 0.6 is 0 Å². The Morgan fingerprint density at radius 2 is 2.47 bits per heavy atom. The van der Waals surface area contributed by atoms with Gasteiger partial charge >= 0.3 is 5.97 Å². The number of nitrogens with one attached hydrogen (secondary N) is 1. The van der Waals surface area contributed by atoms with Crippen LogP contribution in [0.3, 0.4) is 0 Å². The summed E-state index contributed by atoms with van der Waals surface area (Å²) in [6.45, 7) is 7.98. The summed E-state index contributed by atoms with van der Waals surface area (Å²) < 4.78 is 5.54. The molecule has 1 aliphatic rings. The number of hydrogen-bond donors (Lipinski definition) is 2. The lowest BCUT2D eigenvalue weighted by molar-refractivity contribution is -0.139. The second-order valence-corrected chi connectivity index (χ2v) is 3.85. The molecule has 0 aromatic heterocycles. The number of morpholine rings is 1. The van der Waals surface area contributed by atoms with Crippen molar-refractivity contribution in [3.05, 3.63) is 0 Å². The molecule has 1 fully saturated rings. The molecule has 0 radical (unpaired) electrons. The predicted octanol–water partition coefficient (Wildman–Crippen LogP) is -0.230. The highest BCUT2D eigenvalue weighted by atomic mass is 16.5. The fourth-order valence-corrected chi connectivity index (χ4v) is 1.59. The zero-order valence-corrected chi connectivity index (χ0v) is 9.40. The van der Waals surface area contributed by atoms with Crippen LogP contribution in [0, 0.1) is 0 Å². The summed E-state index contributed by atoms with van der Waals surface area (Å²) in [4.78, 5) is 12.9. The van der Waals surface area contributed by atoms with Crippen LogP contribution in [0.4, 0.5) is 0 Å². The standard InChI is InChI=1S/C10H20N2O3/c1-3-12-4-5-15-9(7-12)6-11-8(2)10(13)14/h8-9,11H,3-7H2,1-2H3,(H,13,14). The Morgan fingerprint density at radius 1 is 1.73 bits per heavy atom. The second kappa shape index (κ2) is 6.05. The number of likely N-dealkylation sites (N-methyl/N-ethyl adjacent to an activating group) is 1. The molecule has 0 amide bonds. The largest absolute Gasteiger partial charge is 0.480 e. The van der Waals surface area contributed by atoms with Gasteiger partial charge in [0, 0.05) is 19.6 Å². The smallest absolute Gasteiger partial charge is 0.320 e. The van der Waals surface area contributed by atoms with Crippen LogP contribution in [0.25, 0.3) is 0 Å². The average molecular weight is 216 g/mol. The minimum absolute atomic E-state index is 0.112. The Morgan fingerprint density at radius 3 is 3.07 bits per heavy atom. The summed E-state index contributed by atoms with van der Waals surface area (Å²) >= 11 is 0. The van der Waals surface area contributed by atoms with Gasteiger partial charge in [0.1, 0.15) is 6.04 Å². The first-order valence-corrected chi connectivity index (χ1v) is 5.43. The zero-order chi connectivity index (χ0) is 11.3. The third kappa shape index (κ3) is 4.15. The molecule has 0 spiro atoms. The Hall–Kier alpha value is -0.650. The van der Waals surface area contributed by atoms with Gasteiger partial charge < -0.3 is 15.2 Å². The molecule has 5 heteroatoms. The molecule has 1 rings (SSSR count). The van der Waals surface area contributed by atoms with Crippen molar-refractivity contribution in [2.75, 3.05) is 32.8 Å². The van der Waals surface area contributed by atoms with Crippen LogP contribution < -0.4 is 5.32 Å². The molecule has 1 heterocycles. The monoisotopic (exact) mass is 216 g/mol. The highest BCUT2D eigenvalue weighted by molar-refractivity contribution is 5.72. The molecule has 0 bridgehead atoms. The normalized spacial score (nSPS) is 25.1. The first-order valence-electron chi connectivity index (χ1n) is 5.43. The Labute approximate surface area is 90.4 Å². The molecule has 0 saturated carbocycles. The van der Waals surface area contributed by atoms with E-state index in [-0.39, 0.29) is 6.10 Å². The average Bonchev–Trinajstić information content (AvgIpc) is 2.26. The van der Waals surface area contributed by atoms with Crippen LogP contribution in [0.2, 0.25) is 0 Å². The van der Waals surface area contributed by atoms with Crippen molar-refractivity contribution in [1.29, 1.82) is 0 Å². The Kier molecular flexibility index (Phi) is 5.01. The first kappa shape index (κ1) is 12.4. The van der Waals surface area contributed by atoms with Gasteiger partial charge in [0.15, 0.2) is 0 Å². The van der Waals surface area contributed by atoms with Crippen LogP contribution in [-0.2, 0) is 9.53 Å². The number of carboxylic acids is 1. The van der Waals surface area contributed by atoms with Crippen molar-refractivity contribution >= 4 is 5.97 Å². The van der Waals surface area contributed by atoms with E-state index in [2.05, 4.69) is 17.1 Å². The van der Waals surface area contributed by atoms with Gasteiger partial charge in [-0.3, -0.25) is 9.69 Å². The molecule has 0 aliphatic carbocycles. The maximum atomic E-state index is 10.6. The van der Waals surface area contributed by atoms with Gasteiger partial charge in [-0.1, -0.05) is 6.92 Å². The molecule has 88 valence electrons. The van der Waals surface area contributed by atoms with E-state index in [9.17, 15) is 4.79 Å². The van der Waals surface area contributed by atoms with Crippen molar-refractivity contribution in [3.8, 4) is 0 Å². The molecule has 2 unspecified atom stereocenters. The summed E-state index contributed by atoms with van der Waals surface area (Å²) in [5, 5.41) is 11.6. The summed E-state index contributed by atoms with van der Waals surface area (Å²) in [5.74, 6) is -0.821. The third-order valence-electron chi connectivity index (χ3n) is 2.69. The van der Waals surface area contributed by atoms with E-state index in [1.54, 1.807) is 6.92 Å². The number of nitrogens with zero attached hydrogens (tertiary/aromatic N) is 1. The summed E-state index contributed by atoms with van der Waals surface area (Å²) in [6.07, 6.45) is 0.112. The van der Waals surface area contributed by atoms with Gasteiger partial charge in [-0.15, -0.1) is 0 Å². The van der Waals surface area contributed by atoms with Gasteiger partial charge in [0.2, 0.25) is 0 Å². The number of ether oxygens (including phenoxy) is 1. The van der Waals surface area contributed by atoms with Gasteiger partial charge in [-0.25, -0.2) is 0 Å². The molecule has 1 aliphatic heterocycles. The summed E-state index contributed by atoms with van der Waals surface area (Å²) in [7, 11) is 0. The maximum absolute atomic E-state index is 10.6. The quantitative estimate of drug-likeness (QED) is 0.664. The minimum Gasteiger partial charge on any atom is -0.480 e. The maximum Gasteiger partial charge on any atom is 0.320 e. The number of carboxylic acid groups (broad SMARTS) is 1. The van der Waals surface area contributed by atoms with Gasteiger partial charge in [0.25, 0.3) is 0 Å². The predicted molar refractivity (Wildman–Crippen MR) is 57.0 cm³/mol. The van der Waals surface area contributed by atoms with E-state index in [4.69, 9.17) is 9.84 Å². The fraction of sp³-hybridized carbons (Fsp3) is 0.900. The van der Waals surface area contributed by atoms with Crippen molar-refractivity contribution in [2.45, 2.75) is 26.0 Å². The van der Waals surface area contributed by atoms with Crippen LogP contribution in [0.5, 0.6) is 0 Å². The number of aliphatic carboxylic acids is 1. The van der Waals surface area contributed by atoms with Crippen LogP contribution in [-0.4, -0.2) is 60.9 Å². The number of rotatable bonds is 5. The van der Waals surface area contributed by atoms with Gasteiger partial charge in [-0.2, -0.15) is 0 Å². The molecular formula is C10H20N2O3. The van der Waals surface area contributed by atoms with Crippen molar-refractivity contribution in [1.82, 2.24) is 10.2 Å². The molecule has 5 nitrogen and oxygen atoms in total. The topological polar surface area (TPSA) is 61.8 Å². The van der Waals surface area contributed by atoms with Crippen molar-refractivity contribution < 1.29 is 14.6 Å². The van der Waals surface area contributed by atoms with E-state index in [0.717, 1.165) is 26.2 Å². The molecular weight excluding hydrogens is 196 g/mol. The molecule has 1 saturated heterocycles. The lowest BCUT2D eigenvalue weighted by atomic mass is 10.2. The lowest BCUT2D eigenvalue weighted by Gasteiger charge is -2.32. The first-order chi connectivity index (χ1) is 7.13. The molecule has 2 atom stereocenters. The highest BCUT2D eigenvalue weighted by Gasteiger charge is 2.20. The fourth-order valence-electron chi connectivity index (χ4n) is 1.59. The molecule has 15 heavy (non-hydrogen) atoms. The van der Waals surface area contributed by atoms with Gasteiger partial charge in [-0.05, 0) is 13.5 Å². The highest BCUT2D eigenvalue weighted by Crippen LogP contribution is 2.03. The van der Waals surface area contributed by atoms with E-state index in [0.29, 0.717) is 6.54 Å². The van der Waals surface area contributed by atoms with E-state index in [1.807, 2.05) is 0 Å². The minimum atomic E-state index is -0.821. The number of carbonyl (C=O) groups is 1. The SMILES string of the molecule is CCN1CCOC(CNC(C)C(=O)O)C1. The number of hydrogen-bond acceptors (Lipinski definition) is 4. The second-order valence-electron chi connectivity index (χ2n) is 3.85. The van der Waals surface area contributed by atoms with Crippen molar-refractivity contribution in [2.24, 2.45) is 0 Å². The molecule has 0 aromatic rings. The Bertz CT molecular complexity index is 211.